The first-order chi connectivity index (χ1) is 10.5. The first-order valence-corrected chi connectivity index (χ1v) is 7.63. The zero-order valence-electron chi connectivity index (χ0n) is 11.4. The normalized spacial score (nSPS) is 22.0. The van der Waals surface area contributed by atoms with Crippen molar-refractivity contribution < 1.29 is 19.7 Å². The van der Waals surface area contributed by atoms with Crippen LogP contribution in [0.3, 0.4) is 0 Å². The van der Waals surface area contributed by atoms with Gasteiger partial charge in [-0.25, -0.2) is 0 Å². The van der Waals surface area contributed by atoms with Gasteiger partial charge in [-0.1, -0.05) is 22.0 Å². The monoisotopic (exact) mass is 361 g/mol. The van der Waals surface area contributed by atoms with E-state index in [1.54, 1.807) is 24.3 Å². The lowest BCUT2D eigenvalue weighted by atomic mass is 9.85. The van der Waals surface area contributed by atoms with E-state index in [-0.39, 0.29) is 11.3 Å². The average Bonchev–Trinajstić information content (AvgIpc) is 3.02. The maximum absolute atomic E-state index is 12.4. The molecule has 0 radical (unpaired) electrons. The van der Waals surface area contributed by atoms with Crippen LogP contribution in [0, 0.1) is 0 Å². The fourth-order valence-corrected chi connectivity index (χ4v) is 3.74. The number of rotatable bonds is 1. The van der Waals surface area contributed by atoms with E-state index >= 15 is 0 Å². The van der Waals surface area contributed by atoms with E-state index < -0.39 is 11.5 Å². The predicted octanol–water partition coefficient (Wildman–Crippen LogP) is 2.28. The lowest BCUT2D eigenvalue weighted by Gasteiger charge is -2.24. The number of aromatic hydroxyl groups is 1. The Kier molecular flexibility index (Phi) is 2.76. The molecule has 5 nitrogen and oxygen atoms in total. The van der Waals surface area contributed by atoms with Gasteiger partial charge in [-0.3, -0.25) is 4.79 Å². The Morgan fingerprint density at radius 1 is 1.32 bits per heavy atom. The minimum absolute atomic E-state index is 0.165. The Balaban J connectivity index is 1.99. The molecule has 1 unspecified atom stereocenters. The second-order valence-electron chi connectivity index (χ2n) is 5.40. The number of ether oxygens (including phenoxy) is 1. The van der Waals surface area contributed by atoms with Crippen molar-refractivity contribution in [2.45, 2.75) is 12.0 Å². The molecule has 1 atom stereocenters. The zero-order valence-corrected chi connectivity index (χ0v) is 13.0. The summed E-state index contributed by atoms with van der Waals surface area (Å²) in [5.41, 5.74) is 0.0403. The van der Waals surface area contributed by atoms with Gasteiger partial charge in [0.25, 0.3) is 5.91 Å². The number of amides is 1. The molecule has 0 saturated carbocycles. The number of phenols is 1. The third-order valence-corrected chi connectivity index (χ3v) is 4.81. The molecular weight excluding hydrogens is 350 g/mol. The van der Waals surface area contributed by atoms with Gasteiger partial charge in [0.2, 0.25) is 5.60 Å². The van der Waals surface area contributed by atoms with Gasteiger partial charge in [0.15, 0.2) is 0 Å². The van der Waals surface area contributed by atoms with Crippen LogP contribution < -0.4 is 10.1 Å². The second-order valence-corrected chi connectivity index (χ2v) is 6.26. The quantitative estimate of drug-likeness (QED) is 0.727. The number of fused-ring (bicyclic) bond motifs is 2. The molecule has 0 aliphatic carbocycles. The van der Waals surface area contributed by atoms with E-state index in [1.165, 1.54) is 6.07 Å². The Morgan fingerprint density at radius 3 is 2.95 bits per heavy atom. The van der Waals surface area contributed by atoms with Crippen LogP contribution in [0.4, 0.5) is 5.69 Å². The van der Waals surface area contributed by atoms with E-state index in [0.717, 1.165) is 5.56 Å². The summed E-state index contributed by atoms with van der Waals surface area (Å²) in [5, 5.41) is 24.1. The lowest BCUT2D eigenvalue weighted by molar-refractivity contribution is -0.129. The molecule has 2 heterocycles. The molecule has 22 heavy (non-hydrogen) atoms. The molecule has 2 aromatic carbocycles. The second kappa shape index (κ2) is 4.47. The highest BCUT2D eigenvalue weighted by molar-refractivity contribution is 9.10. The highest BCUT2D eigenvalue weighted by Crippen LogP contribution is 2.48. The number of benzene rings is 2. The number of hydrogen-bond acceptors (Lipinski definition) is 4. The summed E-state index contributed by atoms with van der Waals surface area (Å²) in [5.74, 6) is -0.152. The van der Waals surface area contributed by atoms with Crippen molar-refractivity contribution >= 4 is 27.5 Å². The maximum atomic E-state index is 12.4. The highest BCUT2D eigenvalue weighted by atomic mass is 79.9. The summed E-state index contributed by atoms with van der Waals surface area (Å²) in [6, 6.07) is 8.33. The van der Waals surface area contributed by atoms with Crippen LogP contribution in [0.15, 0.2) is 34.8 Å². The van der Waals surface area contributed by atoms with E-state index in [4.69, 9.17) is 4.74 Å². The van der Waals surface area contributed by atoms with Gasteiger partial charge in [0.05, 0.1) is 6.61 Å². The van der Waals surface area contributed by atoms with Crippen LogP contribution >= 0.6 is 15.9 Å². The van der Waals surface area contributed by atoms with Crippen molar-refractivity contribution in [3.63, 3.8) is 0 Å². The van der Waals surface area contributed by atoms with Crippen LogP contribution in [0.1, 0.15) is 16.7 Å². The minimum atomic E-state index is -1.93. The number of phenolic OH excluding ortho intramolecular Hbond substituents is 1. The van der Waals surface area contributed by atoms with Gasteiger partial charge in [-0.2, -0.15) is 0 Å². The molecule has 3 N–H and O–H groups in total. The van der Waals surface area contributed by atoms with E-state index in [0.29, 0.717) is 34.5 Å². The van der Waals surface area contributed by atoms with E-state index in [1.807, 2.05) is 0 Å². The predicted molar refractivity (Wildman–Crippen MR) is 83.1 cm³/mol. The van der Waals surface area contributed by atoms with Gasteiger partial charge in [0, 0.05) is 33.8 Å². The van der Waals surface area contributed by atoms with Crippen LogP contribution in [-0.2, 0) is 16.8 Å². The molecule has 112 valence electrons. The molecular formula is C16H12BrNO4. The van der Waals surface area contributed by atoms with Crippen LogP contribution in [0.2, 0.25) is 0 Å². The summed E-state index contributed by atoms with van der Waals surface area (Å²) in [4.78, 5) is 12.4. The Bertz CT molecular complexity index is 820. The first kappa shape index (κ1) is 13.6. The number of carbonyl (C=O) groups excluding carboxylic acids is 1. The number of carbonyl (C=O) groups is 1. The summed E-state index contributed by atoms with van der Waals surface area (Å²) < 4.78 is 6.00. The molecule has 1 amide bonds. The molecule has 0 bridgehead atoms. The SMILES string of the molecule is O=C1Nc2cccc(Br)c2C1(O)c1cc2c(cc1O)OCC2. The third-order valence-electron chi connectivity index (χ3n) is 4.15. The van der Waals surface area contributed by atoms with Crippen LogP contribution in [-0.4, -0.2) is 22.7 Å². The molecule has 0 fully saturated rings. The van der Waals surface area contributed by atoms with Crippen LogP contribution in [0.25, 0.3) is 0 Å². The van der Waals surface area contributed by atoms with E-state index in [2.05, 4.69) is 21.2 Å². The summed E-state index contributed by atoms with van der Waals surface area (Å²) in [6.45, 7) is 0.531. The van der Waals surface area contributed by atoms with Crippen molar-refractivity contribution in [1.82, 2.24) is 0 Å². The molecule has 4 rings (SSSR count). The van der Waals surface area contributed by atoms with Gasteiger partial charge in [-0.15, -0.1) is 0 Å². The fourth-order valence-electron chi connectivity index (χ4n) is 3.08. The van der Waals surface area contributed by atoms with E-state index in [9.17, 15) is 15.0 Å². The standard InChI is InChI=1S/C16H12BrNO4/c17-10-2-1-3-11-14(10)16(21,15(20)18-11)9-6-8-4-5-22-13(8)7-12(9)19/h1-3,6-7,19,21H,4-5H2,(H,18,20). The topological polar surface area (TPSA) is 78.8 Å². The lowest BCUT2D eigenvalue weighted by Crippen LogP contribution is -2.35. The van der Waals surface area contributed by atoms with Crippen molar-refractivity contribution in [3.8, 4) is 11.5 Å². The molecule has 0 saturated heterocycles. The molecule has 2 aliphatic rings. The Hall–Kier alpha value is -2.05. The summed E-state index contributed by atoms with van der Waals surface area (Å²) >= 11 is 3.38. The Labute approximate surface area is 134 Å². The van der Waals surface area contributed by atoms with Gasteiger partial charge in [0.1, 0.15) is 11.5 Å². The van der Waals surface area contributed by atoms with Crippen molar-refractivity contribution in [2.75, 3.05) is 11.9 Å². The minimum Gasteiger partial charge on any atom is -0.507 e. The summed E-state index contributed by atoms with van der Waals surface area (Å²) in [6.07, 6.45) is 0.684. The smallest absolute Gasteiger partial charge is 0.266 e. The zero-order chi connectivity index (χ0) is 15.5. The third kappa shape index (κ3) is 1.65. The highest BCUT2D eigenvalue weighted by Gasteiger charge is 2.50. The van der Waals surface area contributed by atoms with Crippen molar-refractivity contribution in [1.29, 1.82) is 0 Å². The van der Waals surface area contributed by atoms with Crippen molar-refractivity contribution in [3.05, 3.63) is 51.5 Å². The van der Waals surface area contributed by atoms with Gasteiger partial charge in [-0.05, 0) is 23.8 Å². The summed E-state index contributed by atoms with van der Waals surface area (Å²) in [7, 11) is 0. The molecule has 6 heteroatoms. The fraction of sp³-hybridized carbons (Fsp3) is 0.188. The van der Waals surface area contributed by atoms with Gasteiger partial charge < -0.3 is 20.3 Å². The molecule has 2 aliphatic heterocycles. The van der Waals surface area contributed by atoms with Crippen LogP contribution in [0.5, 0.6) is 11.5 Å². The molecule has 0 spiro atoms. The number of hydrogen-bond donors (Lipinski definition) is 3. The Morgan fingerprint density at radius 2 is 2.14 bits per heavy atom. The van der Waals surface area contributed by atoms with Crippen molar-refractivity contribution in [2.24, 2.45) is 0 Å². The number of nitrogens with one attached hydrogen (secondary N) is 1. The van der Waals surface area contributed by atoms with Gasteiger partial charge >= 0.3 is 0 Å². The largest absolute Gasteiger partial charge is 0.507 e. The molecule has 0 aromatic heterocycles. The first-order valence-electron chi connectivity index (χ1n) is 6.84. The number of halogens is 1. The molecule has 2 aromatic rings. The maximum Gasteiger partial charge on any atom is 0.266 e. The number of anilines is 1. The number of aliphatic hydroxyl groups is 1. The average molecular weight is 362 g/mol.